The molecule has 1 saturated heterocycles. The first-order chi connectivity index (χ1) is 9.56. The van der Waals surface area contributed by atoms with Crippen molar-refractivity contribution in [1.82, 2.24) is 25.5 Å². The molecular formula is C14H27Cl2N5O. The Morgan fingerprint density at radius 3 is 2.64 bits per heavy atom. The summed E-state index contributed by atoms with van der Waals surface area (Å²) in [5.41, 5.74) is 1.01. The maximum Gasteiger partial charge on any atom is 0.234 e. The number of nitrogens with zero attached hydrogens (tertiary/aromatic N) is 2. The maximum absolute atomic E-state index is 12.1. The molecule has 0 bridgehead atoms. The Kier molecular flexibility index (Phi) is 9.67. The summed E-state index contributed by atoms with van der Waals surface area (Å²) in [7, 11) is 2.03. The second-order valence-electron chi connectivity index (χ2n) is 5.64. The molecule has 1 aromatic heterocycles. The SMILES string of the molecule is Cc1cnc(C(C)NC(=O)CN(C)C2CCNCC2)[nH]1.Cl.Cl. The van der Waals surface area contributed by atoms with Crippen molar-refractivity contribution < 1.29 is 4.79 Å². The van der Waals surface area contributed by atoms with Gasteiger partial charge in [0.05, 0.1) is 12.6 Å². The van der Waals surface area contributed by atoms with Crippen LogP contribution in [0.5, 0.6) is 0 Å². The first kappa shape index (κ1) is 21.2. The van der Waals surface area contributed by atoms with E-state index in [4.69, 9.17) is 0 Å². The van der Waals surface area contributed by atoms with Crippen LogP contribution in [0.3, 0.4) is 0 Å². The van der Waals surface area contributed by atoms with Gasteiger partial charge in [0, 0.05) is 17.9 Å². The first-order valence-electron chi connectivity index (χ1n) is 7.28. The lowest BCUT2D eigenvalue weighted by Gasteiger charge is -2.31. The number of rotatable bonds is 5. The van der Waals surface area contributed by atoms with Gasteiger partial charge in [-0.2, -0.15) is 0 Å². The Bertz CT molecular complexity index is 448. The Morgan fingerprint density at radius 1 is 1.45 bits per heavy atom. The summed E-state index contributed by atoms with van der Waals surface area (Å²) < 4.78 is 0. The zero-order chi connectivity index (χ0) is 14.5. The van der Waals surface area contributed by atoms with Crippen molar-refractivity contribution in [2.45, 2.75) is 38.8 Å². The molecular weight excluding hydrogens is 325 g/mol. The highest BCUT2D eigenvalue weighted by molar-refractivity contribution is 5.85. The fraction of sp³-hybridized carbons (Fsp3) is 0.714. The zero-order valence-electron chi connectivity index (χ0n) is 13.4. The van der Waals surface area contributed by atoms with E-state index in [1.54, 1.807) is 6.20 Å². The number of piperidine rings is 1. The number of imidazole rings is 1. The van der Waals surface area contributed by atoms with Gasteiger partial charge < -0.3 is 15.6 Å². The third-order valence-corrected chi connectivity index (χ3v) is 3.84. The number of nitrogens with one attached hydrogen (secondary N) is 3. The van der Waals surface area contributed by atoms with Gasteiger partial charge in [0.1, 0.15) is 5.82 Å². The van der Waals surface area contributed by atoms with Gasteiger partial charge in [-0.3, -0.25) is 9.69 Å². The van der Waals surface area contributed by atoms with Gasteiger partial charge in [0.25, 0.3) is 0 Å². The van der Waals surface area contributed by atoms with Crippen LogP contribution in [0.15, 0.2) is 6.20 Å². The van der Waals surface area contributed by atoms with Crippen molar-refractivity contribution in [3.63, 3.8) is 0 Å². The van der Waals surface area contributed by atoms with E-state index >= 15 is 0 Å². The second kappa shape index (κ2) is 10.0. The van der Waals surface area contributed by atoms with E-state index in [9.17, 15) is 4.79 Å². The minimum atomic E-state index is -0.0855. The van der Waals surface area contributed by atoms with Crippen LogP contribution in [0.4, 0.5) is 0 Å². The van der Waals surface area contributed by atoms with Crippen molar-refractivity contribution in [3.05, 3.63) is 17.7 Å². The Morgan fingerprint density at radius 2 is 2.09 bits per heavy atom. The summed E-state index contributed by atoms with van der Waals surface area (Å²) in [5, 5.41) is 6.33. The number of amides is 1. The predicted molar refractivity (Wildman–Crippen MR) is 92.9 cm³/mol. The molecule has 22 heavy (non-hydrogen) atoms. The van der Waals surface area contributed by atoms with Gasteiger partial charge >= 0.3 is 0 Å². The number of likely N-dealkylation sites (N-methyl/N-ethyl adjacent to an activating group) is 1. The maximum atomic E-state index is 12.1. The zero-order valence-corrected chi connectivity index (χ0v) is 15.0. The third kappa shape index (κ3) is 6.12. The van der Waals surface area contributed by atoms with Crippen LogP contribution >= 0.6 is 24.8 Å². The standard InChI is InChI=1S/C14H25N5O.2ClH/c1-10-8-16-14(17-10)11(2)18-13(20)9-19(3)12-4-6-15-7-5-12;;/h8,11-12,15H,4-7,9H2,1-3H3,(H,16,17)(H,18,20);2*1H. The molecule has 1 aliphatic rings. The molecule has 3 N–H and O–H groups in total. The number of aryl methyl sites for hydroxylation is 1. The molecule has 6 nitrogen and oxygen atoms in total. The lowest BCUT2D eigenvalue weighted by atomic mass is 10.1. The lowest BCUT2D eigenvalue weighted by Crippen LogP contribution is -2.45. The van der Waals surface area contributed by atoms with Crippen molar-refractivity contribution in [3.8, 4) is 0 Å². The molecule has 2 rings (SSSR count). The molecule has 1 fully saturated rings. The molecule has 1 atom stereocenters. The summed E-state index contributed by atoms with van der Waals surface area (Å²) in [6, 6.07) is 0.417. The molecule has 0 spiro atoms. The molecule has 1 aliphatic heterocycles. The number of H-pyrrole nitrogens is 1. The molecule has 2 heterocycles. The fourth-order valence-corrected chi connectivity index (χ4v) is 2.61. The van der Waals surface area contributed by atoms with Crippen molar-refractivity contribution in [1.29, 1.82) is 0 Å². The number of carbonyl (C=O) groups is 1. The minimum absolute atomic E-state index is 0. The van der Waals surface area contributed by atoms with Crippen molar-refractivity contribution >= 4 is 30.7 Å². The summed E-state index contributed by atoms with van der Waals surface area (Å²) in [5.74, 6) is 0.855. The van der Waals surface area contributed by atoms with Crippen LogP contribution in [0.2, 0.25) is 0 Å². The van der Waals surface area contributed by atoms with Gasteiger partial charge in [-0.15, -0.1) is 24.8 Å². The Balaban J connectivity index is 0.00000220. The number of hydrogen-bond donors (Lipinski definition) is 3. The molecule has 0 aromatic carbocycles. The largest absolute Gasteiger partial charge is 0.345 e. The Labute approximate surface area is 144 Å². The highest BCUT2D eigenvalue weighted by Crippen LogP contribution is 2.10. The van der Waals surface area contributed by atoms with Crippen molar-refractivity contribution in [2.75, 3.05) is 26.7 Å². The number of aromatic amines is 1. The van der Waals surface area contributed by atoms with E-state index in [1.165, 1.54) is 0 Å². The smallest absolute Gasteiger partial charge is 0.234 e. The van der Waals surface area contributed by atoms with E-state index in [-0.39, 0.29) is 36.8 Å². The first-order valence-corrected chi connectivity index (χ1v) is 7.28. The van der Waals surface area contributed by atoms with Crippen LogP contribution < -0.4 is 10.6 Å². The van der Waals surface area contributed by atoms with E-state index in [0.29, 0.717) is 12.6 Å². The quantitative estimate of drug-likeness (QED) is 0.750. The highest BCUT2D eigenvalue weighted by Gasteiger charge is 2.20. The molecule has 0 saturated carbocycles. The van der Waals surface area contributed by atoms with Crippen molar-refractivity contribution in [2.24, 2.45) is 0 Å². The van der Waals surface area contributed by atoms with Crippen LogP contribution in [0, 0.1) is 6.92 Å². The number of halogens is 2. The summed E-state index contributed by atoms with van der Waals surface area (Å²) in [4.78, 5) is 21.6. The van der Waals surface area contributed by atoms with Gasteiger partial charge in [-0.05, 0) is 46.8 Å². The van der Waals surface area contributed by atoms with Gasteiger partial charge in [0.15, 0.2) is 0 Å². The van der Waals surface area contributed by atoms with Crippen LogP contribution in [-0.4, -0.2) is 53.5 Å². The molecule has 8 heteroatoms. The summed E-state index contributed by atoms with van der Waals surface area (Å²) in [6.07, 6.45) is 3.99. The average molecular weight is 352 g/mol. The minimum Gasteiger partial charge on any atom is -0.345 e. The van der Waals surface area contributed by atoms with Crippen LogP contribution in [0.1, 0.15) is 37.3 Å². The number of aromatic nitrogens is 2. The van der Waals surface area contributed by atoms with Crippen LogP contribution in [-0.2, 0) is 4.79 Å². The van der Waals surface area contributed by atoms with E-state index in [0.717, 1.165) is 37.4 Å². The lowest BCUT2D eigenvalue weighted by molar-refractivity contribution is -0.123. The molecule has 1 unspecified atom stereocenters. The average Bonchev–Trinajstić information content (AvgIpc) is 2.86. The normalized spacial score (nSPS) is 16.5. The highest BCUT2D eigenvalue weighted by atomic mass is 35.5. The molecule has 1 aromatic rings. The topological polar surface area (TPSA) is 73.1 Å². The Hall–Kier alpha value is -0.820. The van der Waals surface area contributed by atoms with E-state index < -0.39 is 0 Å². The molecule has 0 aliphatic carbocycles. The van der Waals surface area contributed by atoms with E-state index in [2.05, 4.69) is 25.5 Å². The second-order valence-corrected chi connectivity index (χ2v) is 5.64. The fourth-order valence-electron chi connectivity index (χ4n) is 2.61. The van der Waals surface area contributed by atoms with Gasteiger partial charge in [0.2, 0.25) is 5.91 Å². The van der Waals surface area contributed by atoms with Gasteiger partial charge in [-0.25, -0.2) is 4.98 Å². The van der Waals surface area contributed by atoms with Crippen LogP contribution in [0.25, 0.3) is 0 Å². The number of carbonyl (C=O) groups excluding carboxylic acids is 1. The van der Waals surface area contributed by atoms with Gasteiger partial charge in [-0.1, -0.05) is 0 Å². The number of hydrogen-bond acceptors (Lipinski definition) is 4. The van der Waals surface area contributed by atoms with E-state index in [1.807, 2.05) is 20.9 Å². The summed E-state index contributed by atoms with van der Waals surface area (Å²) >= 11 is 0. The molecule has 0 radical (unpaired) electrons. The third-order valence-electron chi connectivity index (χ3n) is 3.84. The monoisotopic (exact) mass is 351 g/mol. The summed E-state index contributed by atoms with van der Waals surface area (Å²) in [6.45, 7) is 6.42. The molecule has 128 valence electrons. The predicted octanol–water partition coefficient (Wildman–Crippen LogP) is 1.42. The molecule has 1 amide bonds.